The minimum atomic E-state index is 0. The van der Waals surface area contributed by atoms with E-state index < -0.39 is 0 Å². The van der Waals surface area contributed by atoms with Crippen LogP contribution in [0.1, 0.15) is 12.8 Å². The Bertz CT molecular complexity index is 498. The van der Waals surface area contributed by atoms with E-state index in [2.05, 4.69) is 10.2 Å². The first-order valence-corrected chi connectivity index (χ1v) is 7.78. The van der Waals surface area contributed by atoms with Crippen LogP contribution in [-0.2, 0) is 4.79 Å². The molecular formula is C16H24ClN3O2. The van der Waals surface area contributed by atoms with E-state index in [1.54, 1.807) is 6.07 Å². The molecule has 2 heterocycles. The molecule has 2 N–H and O–H groups in total. The summed E-state index contributed by atoms with van der Waals surface area (Å²) in [5, 5.41) is 13.2. The molecule has 0 radical (unpaired) electrons. The van der Waals surface area contributed by atoms with Crippen LogP contribution in [0.5, 0.6) is 5.75 Å². The average molecular weight is 326 g/mol. The average Bonchev–Trinajstić information content (AvgIpc) is 2.56. The summed E-state index contributed by atoms with van der Waals surface area (Å²) in [7, 11) is 0. The fourth-order valence-electron chi connectivity index (χ4n) is 3.22. The van der Waals surface area contributed by atoms with Crippen LogP contribution in [0.15, 0.2) is 24.3 Å². The summed E-state index contributed by atoms with van der Waals surface area (Å²) in [6, 6.07) is 7.40. The Morgan fingerprint density at radius 1 is 1.18 bits per heavy atom. The van der Waals surface area contributed by atoms with Crippen LogP contribution in [0, 0.1) is 5.92 Å². The molecule has 1 amide bonds. The molecule has 6 heteroatoms. The quantitative estimate of drug-likeness (QED) is 0.864. The van der Waals surface area contributed by atoms with E-state index in [-0.39, 0.29) is 18.3 Å². The summed E-state index contributed by atoms with van der Waals surface area (Å²) >= 11 is 0. The molecule has 5 nitrogen and oxygen atoms in total. The molecule has 2 aliphatic rings. The number of carbonyl (C=O) groups is 1. The minimum absolute atomic E-state index is 0. The van der Waals surface area contributed by atoms with E-state index in [1.807, 2.05) is 23.1 Å². The lowest BCUT2D eigenvalue weighted by Gasteiger charge is -2.38. The number of rotatable bonds is 2. The number of nitrogens with zero attached hydrogens (tertiary/aromatic N) is 2. The van der Waals surface area contributed by atoms with Gasteiger partial charge < -0.3 is 20.2 Å². The fourth-order valence-corrected chi connectivity index (χ4v) is 3.22. The van der Waals surface area contributed by atoms with Gasteiger partial charge in [-0.1, -0.05) is 12.1 Å². The van der Waals surface area contributed by atoms with Crippen LogP contribution >= 0.6 is 12.4 Å². The molecule has 122 valence electrons. The number of piperidine rings is 1. The summed E-state index contributed by atoms with van der Waals surface area (Å²) in [6.07, 6.45) is 2.10. The summed E-state index contributed by atoms with van der Waals surface area (Å²) < 4.78 is 0. The van der Waals surface area contributed by atoms with Crippen molar-refractivity contribution in [3.05, 3.63) is 24.3 Å². The van der Waals surface area contributed by atoms with E-state index >= 15 is 0 Å². The summed E-state index contributed by atoms with van der Waals surface area (Å²) in [6.45, 7) is 4.89. The SMILES string of the molecule is Cl.O=C([C@@H]1CCCNC1)N1CCN(c2ccccc2O)CC1. The second-order valence-electron chi connectivity index (χ2n) is 5.84. The number of piperazine rings is 1. The molecule has 3 rings (SSSR count). The second-order valence-corrected chi connectivity index (χ2v) is 5.84. The number of aromatic hydroxyl groups is 1. The van der Waals surface area contributed by atoms with E-state index in [1.165, 1.54) is 0 Å². The maximum atomic E-state index is 12.5. The van der Waals surface area contributed by atoms with E-state index in [9.17, 15) is 9.90 Å². The van der Waals surface area contributed by atoms with Gasteiger partial charge in [-0.15, -0.1) is 12.4 Å². The summed E-state index contributed by atoms with van der Waals surface area (Å²) in [4.78, 5) is 16.6. The molecule has 2 saturated heterocycles. The maximum Gasteiger partial charge on any atom is 0.227 e. The molecule has 2 fully saturated rings. The molecule has 0 bridgehead atoms. The number of hydrogen-bond donors (Lipinski definition) is 2. The van der Waals surface area contributed by atoms with Crippen LogP contribution < -0.4 is 10.2 Å². The Balaban J connectivity index is 0.00000176. The molecule has 1 aromatic rings. The Hall–Kier alpha value is -1.46. The van der Waals surface area contributed by atoms with Gasteiger partial charge in [0.2, 0.25) is 5.91 Å². The lowest BCUT2D eigenvalue weighted by Crippen LogP contribution is -2.52. The molecule has 0 unspecified atom stereocenters. The zero-order valence-corrected chi connectivity index (χ0v) is 13.5. The van der Waals surface area contributed by atoms with Gasteiger partial charge in [0.1, 0.15) is 5.75 Å². The molecule has 0 spiro atoms. The molecule has 0 aromatic heterocycles. The van der Waals surface area contributed by atoms with Crippen molar-refractivity contribution in [3.63, 3.8) is 0 Å². The van der Waals surface area contributed by atoms with Crippen molar-refractivity contribution in [1.29, 1.82) is 0 Å². The van der Waals surface area contributed by atoms with Crippen LogP contribution in [0.4, 0.5) is 5.69 Å². The predicted octanol–water partition coefficient (Wildman–Crippen LogP) is 1.46. The Labute approximate surface area is 137 Å². The van der Waals surface area contributed by atoms with Gasteiger partial charge in [-0.05, 0) is 31.5 Å². The minimum Gasteiger partial charge on any atom is -0.506 e. The number of phenolic OH excluding ortho intramolecular Hbond substituents is 1. The van der Waals surface area contributed by atoms with Crippen molar-refractivity contribution in [2.24, 2.45) is 5.92 Å². The van der Waals surface area contributed by atoms with Crippen LogP contribution in [0.3, 0.4) is 0 Å². The Morgan fingerprint density at radius 2 is 1.91 bits per heavy atom. The number of para-hydroxylation sites is 2. The van der Waals surface area contributed by atoms with Gasteiger partial charge in [-0.2, -0.15) is 0 Å². The summed E-state index contributed by atoms with van der Waals surface area (Å²) in [5.74, 6) is 0.753. The van der Waals surface area contributed by atoms with Crippen molar-refractivity contribution >= 4 is 24.0 Å². The number of amides is 1. The largest absolute Gasteiger partial charge is 0.506 e. The zero-order chi connectivity index (χ0) is 14.7. The Morgan fingerprint density at radius 3 is 2.55 bits per heavy atom. The first kappa shape index (κ1) is 16.9. The highest BCUT2D eigenvalue weighted by Gasteiger charge is 2.28. The molecule has 0 aliphatic carbocycles. The van der Waals surface area contributed by atoms with Gasteiger partial charge in [0, 0.05) is 32.7 Å². The molecule has 0 saturated carbocycles. The van der Waals surface area contributed by atoms with Crippen LogP contribution in [0.25, 0.3) is 0 Å². The van der Waals surface area contributed by atoms with Gasteiger partial charge in [0.15, 0.2) is 0 Å². The van der Waals surface area contributed by atoms with Crippen molar-refractivity contribution in [1.82, 2.24) is 10.2 Å². The lowest BCUT2D eigenvalue weighted by molar-refractivity contribution is -0.136. The van der Waals surface area contributed by atoms with Gasteiger partial charge in [0.05, 0.1) is 11.6 Å². The lowest BCUT2D eigenvalue weighted by atomic mass is 9.98. The van der Waals surface area contributed by atoms with E-state index in [0.29, 0.717) is 11.7 Å². The van der Waals surface area contributed by atoms with Crippen LogP contribution in [-0.4, -0.2) is 55.2 Å². The monoisotopic (exact) mass is 325 g/mol. The predicted molar refractivity (Wildman–Crippen MR) is 89.7 cm³/mol. The van der Waals surface area contributed by atoms with Gasteiger partial charge >= 0.3 is 0 Å². The third kappa shape index (κ3) is 3.65. The van der Waals surface area contributed by atoms with Crippen molar-refractivity contribution in [2.45, 2.75) is 12.8 Å². The topological polar surface area (TPSA) is 55.8 Å². The molecular weight excluding hydrogens is 302 g/mol. The highest BCUT2D eigenvalue weighted by atomic mass is 35.5. The third-order valence-electron chi connectivity index (χ3n) is 4.46. The van der Waals surface area contributed by atoms with E-state index in [4.69, 9.17) is 0 Å². The van der Waals surface area contributed by atoms with Gasteiger partial charge in [-0.25, -0.2) is 0 Å². The van der Waals surface area contributed by atoms with Crippen molar-refractivity contribution in [3.8, 4) is 5.75 Å². The number of phenols is 1. The van der Waals surface area contributed by atoms with Gasteiger partial charge in [0.25, 0.3) is 0 Å². The number of anilines is 1. The maximum absolute atomic E-state index is 12.5. The molecule has 1 aromatic carbocycles. The number of carbonyl (C=O) groups excluding carboxylic acids is 1. The third-order valence-corrected chi connectivity index (χ3v) is 4.46. The highest BCUT2D eigenvalue weighted by molar-refractivity contribution is 5.85. The standard InChI is InChI=1S/C16H23N3O2.ClH/c20-15-6-2-1-5-14(15)18-8-10-19(11-9-18)16(21)13-4-3-7-17-12-13;/h1-2,5-6,13,17,20H,3-4,7-12H2;1H/t13-;/m1./s1. The molecule has 1 atom stereocenters. The normalized spacial score (nSPS) is 22.1. The summed E-state index contributed by atoms with van der Waals surface area (Å²) in [5.41, 5.74) is 0.865. The fraction of sp³-hybridized carbons (Fsp3) is 0.562. The number of hydrogen-bond acceptors (Lipinski definition) is 4. The molecule has 22 heavy (non-hydrogen) atoms. The first-order valence-electron chi connectivity index (χ1n) is 7.78. The highest BCUT2D eigenvalue weighted by Crippen LogP contribution is 2.27. The van der Waals surface area contributed by atoms with Crippen LogP contribution in [0.2, 0.25) is 0 Å². The smallest absolute Gasteiger partial charge is 0.227 e. The van der Waals surface area contributed by atoms with Crippen molar-refractivity contribution in [2.75, 3.05) is 44.2 Å². The number of halogens is 1. The molecule has 2 aliphatic heterocycles. The van der Waals surface area contributed by atoms with E-state index in [0.717, 1.165) is 57.8 Å². The zero-order valence-electron chi connectivity index (χ0n) is 12.7. The second kappa shape index (κ2) is 7.70. The first-order chi connectivity index (χ1) is 10.3. The number of nitrogens with one attached hydrogen (secondary N) is 1. The van der Waals surface area contributed by atoms with Crippen molar-refractivity contribution < 1.29 is 9.90 Å². The number of benzene rings is 1. The Kier molecular flexibility index (Phi) is 5.91. The van der Waals surface area contributed by atoms with Gasteiger partial charge in [-0.3, -0.25) is 4.79 Å².